The topological polar surface area (TPSA) is 52.6 Å². The quantitative estimate of drug-likeness (QED) is 0.206. The Morgan fingerprint density at radius 1 is 0.938 bits per heavy atom. The SMILES string of the molecule is CCCCOc1ccc(Br)cc1C(CCOS(=O)(=O)c1ccc(C)cc1)c1ccccc1. The van der Waals surface area contributed by atoms with Crippen molar-refractivity contribution in [2.75, 3.05) is 13.2 Å². The summed E-state index contributed by atoms with van der Waals surface area (Å²) in [6, 6.07) is 22.7. The molecule has 0 fully saturated rings. The normalized spacial score (nSPS) is 12.5. The molecule has 0 amide bonds. The van der Waals surface area contributed by atoms with Gasteiger partial charge in [0.25, 0.3) is 10.1 Å². The maximum absolute atomic E-state index is 12.6. The highest BCUT2D eigenvalue weighted by atomic mass is 79.9. The molecule has 0 N–H and O–H groups in total. The van der Waals surface area contributed by atoms with Crippen molar-refractivity contribution in [1.29, 1.82) is 0 Å². The summed E-state index contributed by atoms with van der Waals surface area (Å²) in [7, 11) is -3.81. The lowest BCUT2D eigenvalue weighted by atomic mass is 9.88. The van der Waals surface area contributed by atoms with Crippen LogP contribution in [-0.2, 0) is 14.3 Å². The van der Waals surface area contributed by atoms with Crippen molar-refractivity contribution in [2.24, 2.45) is 0 Å². The zero-order valence-corrected chi connectivity index (χ0v) is 20.9. The van der Waals surface area contributed by atoms with Crippen molar-refractivity contribution in [3.8, 4) is 5.75 Å². The first kappa shape index (κ1) is 24.5. The molecule has 0 aliphatic rings. The van der Waals surface area contributed by atoms with Gasteiger partial charge in [0, 0.05) is 16.0 Å². The van der Waals surface area contributed by atoms with E-state index in [1.54, 1.807) is 24.3 Å². The van der Waals surface area contributed by atoms with E-state index in [1.165, 1.54) is 0 Å². The van der Waals surface area contributed by atoms with Gasteiger partial charge in [0.2, 0.25) is 0 Å². The molecular formula is C26H29BrO4S. The molecule has 0 radical (unpaired) electrons. The summed E-state index contributed by atoms with van der Waals surface area (Å²) in [5.41, 5.74) is 3.10. The van der Waals surface area contributed by atoms with E-state index in [1.807, 2.05) is 43.3 Å². The van der Waals surface area contributed by atoms with Gasteiger partial charge in [-0.15, -0.1) is 0 Å². The van der Waals surface area contributed by atoms with Gasteiger partial charge >= 0.3 is 0 Å². The number of rotatable bonds is 11. The molecule has 170 valence electrons. The highest BCUT2D eigenvalue weighted by molar-refractivity contribution is 9.10. The summed E-state index contributed by atoms with van der Waals surface area (Å²) in [5.74, 6) is 0.746. The maximum Gasteiger partial charge on any atom is 0.296 e. The Kier molecular flexibility index (Phi) is 8.91. The number of ether oxygens (including phenoxy) is 1. The molecule has 1 unspecified atom stereocenters. The largest absolute Gasteiger partial charge is 0.493 e. The molecule has 0 bridgehead atoms. The van der Waals surface area contributed by atoms with Crippen LogP contribution in [0.15, 0.2) is 82.2 Å². The third kappa shape index (κ3) is 6.67. The number of unbranched alkanes of at least 4 members (excludes halogenated alkanes) is 1. The summed E-state index contributed by atoms with van der Waals surface area (Å²) in [6.45, 7) is 4.76. The highest BCUT2D eigenvalue weighted by Gasteiger charge is 2.22. The van der Waals surface area contributed by atoms with E-state index in [2.05, 4.69) is 35.0 Å². The Hall–Kier alpha value is -2.15. The lowest BCUT2D eigenvalue weighted by molar-refractivity contribution is 0.294. The fraction of sp³-hybridized carbons (Fsp3) is 0.308. The van der Waals surface area contributed by atoms with E-state index in [0.717, 1.165) is 39.8 Å². The Bertz CT molecular complexity index is 1100. The van der Waals surface area contributed by atoms with Gasteiger partial charge in [-0.3, -0.25) is 4.18 Å². The van der Waals surface area contributed by atoms with Crippen molar-refractivity contribution >= 4 is 26.0 Å². The Morgan fingerprint density at radius 3 is 2.34 bits per heavy atom. The van der Waals surface area contributed by atoms with Gasteiger partial charge in [-0.25, -0.2) is 0 Å². The van der Waals surface area contributed by atoms with E-state index >= 15 is 0 Å². The molecular weight excluding hydrogens is 488 g/mol. The number of halogens is 1. The van der Waals surface area contributed by atoms with Crippen LogP contribution in [0.1, 0.15) is 48.8 Å². The van der Waals surface area contributed by atoms with Crippen LogP contribution >= 0.6 is 15.9 Å². The van der Waals surface area contributed by atoms with E-state index < -0.39 is 10.1 Å². The molecule has 0 aliphatic carbocycles. The predicted molar refractivity (Wildman–Crippen MR) is 132 cm³/mol. The van der Waals surface area contributed by atoms with Crippen molar-refractivity contribution in [3.05, 3.63) is 94.0 Å². The molecule has 0 aliphatic heterocycles. The molecule has 32 heavy (non-hydrogen) atoms. The van der Waals surface area contributed by atoms with E-state index in [4.69, 9.17) is 8.92 Å². The molecule has 0 aromatic heterocycles. The van der Waals surface area contributed by atoms with Crippen LogP contribution < -0.4 is 4.74 Å². The minimum Gasteiger partial charge on any atom is -0.493 e. The lowest BCUT2D eigenvalue weighted by Crippen LogP contribution is -2.12. The average molecular weight is 517 g/mol. The molecule has 3 rings (SSSR count). The first-order valence-electron chi connectivity index (χ1n) is 10.8. The van der Waals surface area contributed by atoms with Crippen molar-refractivity contribution in [3.63, 3.8) is 0 Å². The third-order valence-electron chi connectivity index (χ3n) is 5.26. The Morgan fingerprint density at radius 2 is 1.66 bits per heavy atom. The highest BCUT2D eigenvalue weighted by Crippen LogP contribution is 2.36. The molecule has 3 aromatic rings. The van der Waals surface area contributed by atoms with Gasteiger partial charge in [0.05, 0.1) is 18.1 Å². The minimum absolute atomic E-state index is 0.0662. The summed E-state index contributed by atoms with van der Waals surface area (Å²) in [6.07, 6.45) is 2.53. The molecule has 4 nitrogen and oxygen atoms in total. The standard InChI is InChI=1S/C26H29BrO4S/c1-3-4-17-30-26-15-12-22(27)19-25(26)24(21-8-6-5-7-9-21)16-18-31-32(28,29)23-13-10-20(2)11-14-23/h5-15,19,24H,3-4,16-18H2,1-2H3. The van der Waals surface area contributed by atoms with Crippen LogP contribution in [0.4, 0.5) is 0 Å². The molecule has 0 heterocycles. The zero-order valence-electron chi connectivity index (χ0n) is 18.5. The molecule has 0 saturated heterocycles. The van der Waals surface area contributed by atoms with Gasteiger partial charge in [0.1, 0.15) is 5.75 Å². The minimum atomic E-state index is -3.81. The van der Waals surface area contributed by atoms with Crippen LogP contribution in [0.5, 0.6) is 5.75 Å². The second-order valence-corrected chi connectivity index (χ2v) is 10.3. The summed E-state index contributed by atoms with van der Waals surface area (Å²) in [5, 5.41) is 0. The monoisotopic (exact) mass is 516 g/mol. The number of benzene rings is 3. The Labute approximate surface area is 199 Å². The first-order chi connectivity index (χ1) is 15.4. The van der Waals surface area contributed by atoms with Crippen molar-refractivity contribution in [1.82, 2.24) is 0 Å². The second-order valence-electron chi connectivity index (χ2n) is 7.73. The van der Waals surface area contributed by atoms with Gasteiger partial charge in [-0.2, -0.15) is 8.42 Å². The lowest BCUT2D eigenvalue weighted by Gasteiger charge is -2.22. The van der Waals surface area contributed by atoms with Crippen LogP contribution in [-0.4, -0.2) is 21.6 Å². The van der Waals surface area contributed by atoms with E-state index in [0.29, 0.717) is 13.0 Å². The van der Waals surface area contributed by atoms with E-state index in [-0.39, 0.29) is 17.4 Å². The fourth-order valence-corrected chi connectivity index (χ4v) is 4.79. The van der Waals surface area contributed by atoms with Crippen LogP contribution in [0.3, 0.4) is 0 Å². The van der Waals surface area contributed by atoms with Crippen LogP contribution in [0.25, 0.3) is 0 Å². The third-order valence-corrected chi connectivity index (χ3v) is 7.08. The smallest absolute Gasteiger partial charge is 0.296 e. The van der Waals surface area contributed by atoms with Gasteiger partial charge in [-0.1, -0.05) is 77.3 Å². The van der Waals surface area contributed by atoms with Crippen molar-refractivity contribution < 1.29 is 17.3 Å². The van der Waals surface area contributed by atoms with Gasteiger partial charge < -0.3 is 4.74 Å². The second kappa shape index (κ2) is 11.6. The zero-order chi connectivity index (χ0) is 23.0. The van der Waals surface area contributed by atoms with Crippen molar-refractivity contribution in [2.45, 2.75) is 43.9 Å². The summed E-state index contributed by atoms with van der Waals surface area (Å²) in [4.78, 5) is 0.172. The molecule has 1 atom stereocenters. The summed E-state index contributed by atoms with van der Waals surface area (Å²) < 4.78 is 37.7. The molecule has 6 heteroatoms. The van der Waals surface area contributed by atoms with Gasteiger partial charge in [-0.05, 0) is 55.7 Å². The molecule has 0 saturated carbocycles. The maximum atomic E-state index is 12.6. The van der Waals surface area contributed by atoms with Crippen LogP contribution in [0.2, 0.25) is 0 Å². The first-order valence-corrected chi connectivity index (χ1v) is 13.0. The summed E-state index contributed by atoms with van der Waals surface area (Å²) >= 11 is 3.57. The fourth-order valence-electron chi connectivity index (χ4n) is 3.49. The number of hydrogen-bond acceptors (Lipinski definition) is 4. The van der Waals surface area contributed by atoms with E-state index in [9.17, 15) is 8.42 Å². The van der Waals surface area contributed by atoms with Crippen LogP contribution in [0, 0.1) is 6.92 Å². The Balaban J connectivity index is 1.83. The molecule has 0 spiro atoms. The molecule has 3 aromatic carbocycles. The average Bonchev–Trinajstić information content (AvgIpc) is 2.79. The predicted octanol–water partition coefficient (Wildman–Crippen LogP) is 6.86. The number of hydrogen-bond donors (Lipinski definition) is 0. The van der Waals surface area contributed by atoms with Gasteiger partial charge in [0.15, 0.2) is 0 Å². The number of aryl methyl sites for hydroxylation is 1.